The van der Waals surface area contributed by atoms with Gasteiger partial charge in [-0.3, -0.25) is 0 Å². The van der Waals surface area contributed by atoms with Crippen LogP contribution in [0, 0.1) is 22.7 Å². The van der Waals surface area contributed by atoms with Crippen LogP contribution >= 0.6 is 11.3 Å². The molecule has 0 N–H and O–H groups in total. The van der Waals surface area contributed by atoms with E-state index in [1.807, 2.05) is 97.1 Å². The Morgan fingerprint density at radius 3 is 2.13 bits per heavy atom. The lowest BCUT2D eigenvalue weighted by molar-refractivity contribution is 0.669. The van der Waals surface area contributed by atoms with Gasteiger partial charge < -0.3 is 8.98 Å². The van der Waals surface area contributed by atoms with Crippen molar-refractivity contribution in [3.8, 4) is 51.7 Å². The number of hydrogen-bond donors (Lipinski definition) is 0. The van der Waals surface area contributed by atoms with Crippen molar-refractivity contribution in [2.24, 2.45) is 0 Å². The van der Waals surface area contributed by atoms with Gasteiger partial charge in [-0.1, -0.05) is 109 Å². The van der Waals surface area contributed by atoms with Gasteiger partial charge in [0, 0.05) is 52.8 Å². The van der Waals surface area contributed by atoms with Crippen LogP contribution in [0.3, 0.4) is 0 Å². The van der Waals surface area contributed by atoms with E-state index in [1.165, 1.54) is 20.2 Å². The highest BCUT2D eigenvalue weighted by Crippen LogP contribution is 2.44. The fraction of sp³-hybridized carbons (Fsp3) is 0. The fourth-order valence-corrected chi connectivity index (χ4v) is 9.22. The number of hydrogen-bond acceptors (Lipinski definition) is 6. The van der Waals surface area contributed by atoms with Crippen molar-refractivity contribution < 1.29 is 4.42 Å². The van der Waals surface area contributed by atoms with E-state index in [1.54, 1.807) is 11.3 Å². The van der Waals surface area contributed by atoms with Crippen LogP contribution < -0.4 is 0 Å². The summed E-state index contributed by atoms with van der Waals surface area (Å²) in [7, 11) is 0. The highest BCUT2D eigenvalue weighted by Gasteiger charge is 2.24. The summed E-state index contributed by atoms with van der Waals surface area (Å²) in [4.78, 5) is 10.2. The summed E-state index contributed by atoms with van der Waals surface area (Å²) in [5.41, 5.74) is 8.15. The standard InChI is InChI=1S/C48H25N5OS/c49-26-30-25-29(21-23-38(30)53-39-18-7-4-13-31(39)33-22-24-42-43(46(33)53)35-15-6-9-20-41(35)55-42)45-37(27-50)44(28-11-2-1-3-12-28)51-48(52-45)36-17-10-16-34-32-14-5-8-19-40(32)54-47(34)36/h1-25H. The zero-order chi connectivity index (χ0) is 36.6. The second-order valence-electron chi connectivity index (χ2n) is 13.5. The molecule has 0 amide bonds. The molecule has 4 heterocycles. The maximum absolute atomic E-state index is 10.9. The highest BCUT2D eigenvalue weighted by atomic mass is 32.1. The summed E-state index contributed by atoms with van der Waals surface area (Å²) >= 11 is 1.77. The Bertz CT molecular complexity index is 3470. The number of para-hydroxylation sites is 3. The maximum atomic E-state index is 10.9. The van der Waals surface area contributed by atoms with E-state index in [0.29, 0.717) is 45.0 Å². The zero-order valence-corrected chi connectivity index (χ0v) is 29.8. The molecule has 7 heteroatoms. The van der Waals surface area contributed by atoms with Crippen LogP contribution in [0.2, 0.25) is 0 Å². The lowest BCUT2D eigenvalue weighted by Crippen LogP contribution is -2.03. The second-order valence-corrected chi connectivity index (χ2v) is 14.6. The number of furan rings is 1. The molecule has 0 atom stereocenters. The van der Waals surface area contributed by atoms with Crippen molar-refractivity contribution in [2.45, 2.75) is 0 Å². The van der Waals surface area contributed by atoms with Gasteiger partial charge >= 0.3 is 0 Å². The van der Waals surface area contributed by atoms with E-state index in [9.17, 15) is 10.5 Å². The number of fused-ring (bicyclic) bond motifs is 10. The predicted molar refractivity (Wildman–Crippen MR) is 222 cm³/mol. The monoisotopic (exact) mass is 719 g/mol. The first-order valence-corrected chi connectivity index (χ1v) is 18.7. The summed E-state index contributed by atoms with van der Waals surface area (Å²) in [5.74, 6) is 0.425. The molecule has 0 aliphatic heterocycles. The summed E-state index contributed by atoms with van der Waals surface area (Å²) in [6.45, 7) is 0. The molecule has 0 spiro atoms. The minimum absolute atomic E-state index is 0.326. The molecule has 254 valence electrons. The molecule has 0 saturated heterocycles. The maximum Gasteiger partial charge on any atom is 0.164 e. The van der Waals surface area contributed by atoms with Gasteiger partial charge in [0.1, 0.15) is 28.9 Å². The molecule has 0 aliphatic rings. The van der Waals surface area contributed by atoms with Gasteiger partial charge in [0.25, 0.3) is 0 Å². The third-order valence-corrected chi connectivity index (χ3v) is 11.7. The Kier molecular flexibility index (Phi) is 6.75. The normalized spacial score (nSPS) is 11.6. The molecule has 7 aromatic carbocycles. The third-order valence-electron chi connectivity index (χ3n) is 10.5. The lowest BCUT2D eigenvalue weighted by Gasteiger charge is -2.15. The summed E-state index contributed by atoms with van der Waals surface area (Å²) in [5, 5.41) is 28.2. The van der Waals surface area contributed by atoms with Gasteiger partial charge in [-0.15, -0.1) is 11.3 Å². The van der Waals surface area contributed by atoms with E-state index < -0.39 is 0 Å². The number of nitriles is 2. The Labute approximate surface area is 318 Å². The van der Waals surface area contributed by atoms with Crippen LogP contribution in [0.1, 0.15) is 11.1 Å². The molecule has 0 aliphatic carbocycles. The molecule has 55 heavy (non-hydrogen) atoms. The Balaban J connectivity index is 1.18. The van der Waals surface area contributed by atoms with E-state index in [4.69, 9.17) is 14.4 Å². The van der Waals surface area contributed by atoms with Gasteiger partial charge in [-0.05, 0) is 42.5 Å². The van der Waals surface area contributed by atoms with Crippen molar-refractivity contribution >= 4 is 75.3 Å². The number of rotatable bonds is 4. The Morgan fingerprint density at radius 1 is 0.564 bits per heavy atom. The average molecular weight is 720 g/mol. The smallest absolute Gasteiger partial charge is 0.164 e. The zero-order valence-electron chi connectivity index (χ0n) is 29.0. The minimum atomic E-state index is 0.326. The van der Waals surface area contributed by atoms with E-state index >= 15 is 0 Å². The van der Waals surface area contributed by atoms with Crippen LogP contribution in [0.25, 0.3) is 104 Å². The van der Waals surface area contributed by atoms with Crippen molar-refractivity contribution in [3.05, 3.63) is 163 Å². The SMILES string of the molecule is N#Cc1cc(-c2nc(-c3cccc4c3oc3ccccc34)nc(-c3ccccc3)c2C#N)ccc1-n1c2ccccc2c2ccc3sc4ccccc4c3c21. The third kappa shape index (κ3) is 4.58. The van der Waals surface area contributed by atoms with Crippen molar-refractivity contribution in [1.82, 2.24) is 14.5 Å². The Hall–Kier alpha value is -7.58. The molecular formula is C48H25N5OS. The molecular weight excluding hydrogens is 695 g/mol. The number of aromatic nitrogens is 3. The van der Waals surface area contributed by atoms with Crippen molar-refractivity contribution in [3.63, 3.8) is 0 Å². The largest absolute Gasteiger partial charge is 0.455 e. The topological polar surface area (TPSA) is 91.4 Å². The van der Waals surface area contributed by atoms with Crippen molar-refractivity contribution in [1.29, 1.82) is 10.5 Å². The fourth-order valence-electron chi connectivity index (χ4n) is 8.11. The van der Waals surface area contributed by atoms with Crippen LogP contribution in [-0.2, 0) is 0 Å². The number of thiophene rings is 1. The van der Waals surface area contributed by atoms with Crippen LogP contribution in [0.15, 0.2) is 156 Å². The van der Waals surface area contributed by atoms with Gasteiger partial charge in [-0.2, -0.15) is 10.5 Å². The molecule has 0 radical (unpaired) electrons. The summed E-state index contributed by atoms with van der Waals surface area (Å²) < 4.78 is 11.0. The first-order valence-electron chi connectivity index (χ1n) is 17.9. The second kappa shape index (κ2) is 12.0. The van der Waals surface area contributed by atoms with Gasteiger partial charge in [-0.25, -0.2) is 9.97 Å². The highest BCUT2D eigenvalue weighted by molar-refractivity contribution is 7.26. The Morgan fingerprint density at radius 2 is 1.29 bits per heavy atom. The molecule has 11 aromatic rings. The molecule has 4 aromatic heterocycles. The number of benzene rings is 7. The molecule has 0 bridgehead atoms. The molecule has 0 unspecified atom stereocenters. The van der Waals surface area contributed by atoms with Gasteiger partial charge in [0.05, 0.1) is 39.2 Å². The molecule has 11 rings (SSSR count). The summed E-state index contributed by atoms with van der Waals surface area (Å²) in [6, 6.07) is 55.6. The lowest BCUT2D eigenvalue weighted by atomic mass is 9.98. The van der Waals surface area contributed by atoms with Crippen LogP contribution in [-0.4, -0.2) is 14.5 Å². The van der Waals surface area contributed by atoms with Gasteiger partial charge in [0.2, 0.25) is 0 Å². The minimum Gasteiger partial charge on any atom is -0.455 e. The predicted octanol–water partition coefficient (Wildman–Crippen LogP) is 12.6. The molecule has 0 saturated carbocycles. The van der Waals surface area contributed by atoms with E-state index in [2.05, 4.69) is 71.3 Å². The van der Waals surface area contributed by atoms with Gasteiger partial charge in [0.15, 0.2) is 5.82 Å². The number of nitrogens with zero attached hydrogens (tertiary/aromatic N) is 5. The summed E-state index contributed by atoms with van der Waals surface area (Å²) in [6.07, 6.45) is 0. The molecule has 0 fully saturated rings. The first kappa shape index (κ1) is 31.0. The van der Waals surface area contributed by atoms with Crippen LogP contribution in [0.4, 0.5) is 0 Å². The van der Waals surface area contributed by atoms with E-state index in [0.717, 1.165) is 49.4 Å². The van der Waals surface area contributed by atoms with Crippen molar-refractivity contribution in [2.75, 3.05) is 0 Å². The van der Waals surface area contributed by atoms with E-state index in [-0.39, 0.29) is 0 Å². The molecule has 6 nitrogen and oxygen atoms in total. The average Bonchev–Trinajstić information content (AvgIpc) is 3.93. The quantitative estimate of drug-likeness (QED) is 0.181. The first-order chi connectivity index (χ1) is 27.2. The van der Waals surface area contributed by atoms with Crippen LogP contribution in [0.5, 0.6) is 0 Å².